The first-order valence-corrected chi connectivity index (χ1v) is 10.7. The number of guanidine groups is 1. The highest BCUT2D eigenvalue weighted by molar-refractivity contribution is 14.0. The number of hydrogen-bond donors (Lipinski definition) is 3. The lowest BCUT2D eigenvalue weighted by molar-refractivity contribution is 0.575. The molecule has 0 aliphatic carbocycles. The van der Waals surface area contributed by atoms with Gasteiger partial charge >= 0.3 is 0 Å². The van der Waals surface area contributed by atoms with Crippen LogP contribution in [0.4, 0.5) is 14.5 Å². The molecule has 3 N–H and O–H groups in total. The minimum atomic E-state index is -3.24. The number of para-hydroxylation sites is 1. The smallest absolute Gasteiger partial charge is 0.211 e. The Morgan fingerprint density at radius 1 is 1.29 bits per heavy atom. The topological polar surface area (TPSA) is 85.8 Å². The van der Waals surface area contributed by atoms with Gasteiger partial charge in [0.1, 0.15) is 17.3 Å². The first-order valence-electron chi connectivity index (χ1n) is 9.07. The normalized spacial score (nSPS) is 17.4. The number of aliphatic imine (C=N–C) groups is 1. The van der Waals surface area contributed by atoms with Crippen molar-refractivity contribution in [3.05, 3.63) is 29.8 Å². The van der Waals surface area contributed by atoms with Crippen molar-refractivity contribution in [2.24, 2.45) is 4.99 Å². The van der Waals surface area contributed by atoms with E-state index in [4.69, 9.17) is 0 Å². The predicted octanol–water partition coefficient (Wildman–Crippen LogP) is 1.66. The molecule has 1 atom stereocenters. The van der Waals surface area contributed by atoms with E-state index in [9.17, 15) is 17.2 Å². The number of anilines is 1. The highest BCUT2D eigenvalue weighted by atomic mass is 127. The average Bonchev–Trinajstić information content (AvgIpc) is 3.07. The van der Waals surface area contributed by atoms with E-state index in [2.05, 4.69) is 20.3 Å². The number of hydrogen-bond acceptors (Lipinski definition) is 4. The van der Waals surface area contributed by atoms with E-state index in [1.807, 2.05) is 6.92 Å². The third-order valence-corrected chi connectivity index (χ3v) is 5.61. The lowest BCUT2D eigenvalue weighted by Gasteiger charge is -2.21. The molecule has 7 nitrogen and oxygen atoms in total. The van der Waals surface area contributed by atoms with Crippen molar-refractivity contribution in [3.8, 4) is 0 Å². The van der Waals surface area contributed by atoms with Gasteiger partial charge in [0.25, 0.3) is 0 Å². The van der Waals surface area contributed by atoms with Crippen LogP contribution < -0.4 is 20.3 Å². The first kappa shape index (κ1) is 24.8. The molecule has 0 amide bonds. The van der Waals surface area contributed by atoms with Crippen molar-refractivity contribution in [2.45, 2.75) is 26.3 Å². The second-order valence-electron chi connectivity index (χ2n) is 6.20. The molecule has 28 heavy (non-hydrogen) atoms. The quantitative estimate of drug-likeness (QED) is 0.206. The Balaban J connectivity index is 0.00000392. The van der Waals surface area contributed by atoms with Gasteiger partial charge in [-0.25, -0.2) is 21.9 Å². The molecule has 1 aliphatic rings. The maximum absolute atomic E-state index is 13.9. The fourth-order valence-electron chi connectivity index (χ4n) is 2.86. The molecule has 160 valence electrons. The molecule has 1 saturated heterocycles. The third-order valence-electron chi connectivity index (χ3n) is 4.21. The van der Waals surface area contributed by atoms with Crippen molar-refractivity contribution in [2.75, 3.05) is 43.4 Å². The third kappa shape index (κ3) is 7.32. The van der Waals surface area contributed by atoms with E-state index in [0.717, 1.165) is 0 Å². The predicted molar refractivity (Wildman–Crippen MR) is 119 cm³/mol. The van der Waals surface area contributed by atoms with Crippen LogP contribution in [-0.4, -0.2) is 58.9 Å². The first-order chi connectivity index (χ1) is 12.9. The molecule has 0 radical (unpaired) electrons. The van der Waals surface area contributed by atoms with Gasteiger partial charge < -0.3 is 15.5 Å². The SMILES string of the molecule is CCNC(=NCCNS(=O)(=O)CC)NC1CCN(c2c(F)cccc2F)C1.I. The fourth-order valence-corrected chi connectivity index (χ4v) is 3.46. The molecule has 2 rings (SSSR count). The summed E-state index contributed by atoms with van der Waals surface area (Å²) < 4.78 is 53.2. The Kier molecular flexibility index (Phi) is 10.4. The second kappa shape index (κ2) is 11.7. The van der Waals surface area contributed by atoms with Gasteiger partial charge in [0.05, 0.1) is 12.3 Å². The van der Waals surface area contributed by atoms with Gasteiger partial charge in [-0.15, -0.1) is 24.0 Å². The molecule has 1 aromatic carbocycles. The lowest BCUT2D eigenvalue weighted by atomic mass is 10.2. The summed E-state index contributed by atoms with van der Waals surface area (Å²) in [6.07, 6.45) is 0.709. The number of nitrogens with one attached hydrogen (secondary N) is 3. The van der Waals surface area contributed by atoms with Gasteiger partial charge in [0.2, 0.25) is 10.0 Å². The van der Waals surface area contributed by atoms with Crippen LogP contribution in [0, 0.1) is 11.6 Å². The van der Waals surface area contributed by atoms with Crippen molar-refractivity contribution in [3.63, 3.8) is 0 Å². The molecule has 1 aliphatic heterocycles. The second-order valence-corrected chi connectivity index (χ2v) is 8.30. The lowest BCUT2D eigenvalue weighted by Crippen LogP contribution is -2.45. The van der Waals surface area contributed by atoms with E-state index in [0.29, 0.717) is 32.0 Å². The highest BCUT2D eigenvalue weighted by Crippen LogP contribution is 2.26. The zero-order valence-electron chi connectivity index (χ0n) is 16.0. The van der Waals surface area contributed by atoms with Crippen LogP contribution >= 0.6 is 24.0 Å². The van der Waals surface area contributed by atoms with Crippen LogP contribution in [-0.2, 0) is 10.0 Å². The van der Waals surface area contributed by atoms with Crippen LogP contribution in [0.2, 0.25) is 0 Å². The van der Waals surface area contributed by atoms with Crippen LogP contribution in [0.3, 0.4) is 0 Å². The Labute approximate surface area is 182 Å². The number of sulfonamides is 1. The van der Waals surface area contributed by atoms with Gasteiger partial charge in [-0.3, -0.25) is 4.99 Å². The standard InChI is InChI=1S/C17H27F2N5O2S.HI/c1-3-20-17(21-9-10-22-27(25,26)4-2)23-13-8-11-24(12-13)16-14(18)6-5-7-15(16)19;/h5-7,13,22H,3-4,8-12H2,1-2H3,(H2,20,21,23);1H. The molecule has 0 aromatic heterocycles. The summed E-state index contributed by atoms with van der Waals surface area (Å²) >= 11 is 0. The summed E-state index contributed by atoms with van der Waals surface area (Å²) in [6, 6.07) is 3.83. The van der Waals surface area contributed by atoms with Crippen LogP contribution in [0.15, 0.2) is 23.2 Å². The van der Waals surface area contributed by atoms with E-state index in [1.54, 1.807) is 11.8 Å². The molecule has 0 spiro atoms. The van der Waals surface area contributed by atoms with Gasteiger partial charge in [-0.2, -0.15) is 0 Å². The molecule has 1 unspecified atom stereocenters. The van der Waals surface area contributed by atoms with Crippen LogP contribution in [0.25, 0.3) is 0 Å². The Morgan fingerprint density at radius 3 is 2.57 bits per heavy atom. The minimum absolute atomic E-state index is 0. The largest absolute Gasteiger partial charge is 0.365 e. The van der Waals surface area contributed by atoms with Gasteiger partial charge in [-0.1, -0.05) is 6.07 Å². The number of halogens is 3. The zero-order valence-corrected chi connectivity index (χ0v) is 19.2. The molecule has 0 bridgehead atoms. The number of rotatable bonds is 8. The fraction of sp³-hybridized carbons (Fsp3) is 0.588. The van der Waals surface area contributed by atoms with Gasteiger partial charge in [-0.05, 0) is 32.4 Å². The summed E-state index contributed by atoms with van der Waals surface area (Å²) in [5, 5.41) is 6.34. The van der Waals surface area contributed by atoms with E-state index in [-0.39, 0.29) is 54.5 Å². The Bertz CT molecular complexity index is 744. The molecule has 1 heterocycles. The van der Waals surface area contributed by atoms with Gasteiger partial charge in [0.15, 0.2) is 5.96 Å². The van der Waals surface area contributed by atoms with Crippen molar-refractivity contribution in [1.82, 2.24) is 15.4 Å². The Morgan fingerprint density at radius 2 is 1.96 bits per heavy atom. The van der Waals surface area contributed by atoms with Crippen LogP contribution in [0.1, 0.15) is 20.3 Å². The van der Waals surface area contributed by atoms with Crippen molar-refractivity contribution in [1.29, 1.82) is 0 Å². The Hall–Kier alpha value is -1.21. The zero-order chi connectivity index (χ0) is 19.9. The highest BCUT2D eigenvalue weighted by Gasteiger charge is 2.27. The van der Waals surface area contributed by atoms with Gasteiger partial charge in [0, 0.05) is 32.2 Å². The molecule has 1 fully saturated rings. The minimum Gasteiger partial charge on any atom is -0.365 e. The maximum Gasteiger partial charge on any atom is 0.211 e. The monoisotopic (exact) mass is 531 g/mol. The summed E-state index contributed by atoms with van der Waals surface area (Å²) in [5.41, 5.74) is -0.00212. The number of benzene rings is 1. The molecule has 1 aromatic rings. The summed E-state index contributed by atoms with van der Waals surface area (Å²) in [4.78, 5) is 6.03. The number of nitrogens with zero attached hydrogens (tertiary/aromatic N) is 2. The van der Waals surface area contributed by atoms with E-state index in [1.165, 1.54) is 18.2 Å². The van der Waals surface area contributed by atoms with Crippen molar-refractivity contribution >= 4 is 45.6 Å². The summed E-state index contributed by atoms with van der Waals surface area (Å²) in [7, 11) is -3.24. The molecule has 0 saturated carbocycles. The maximum atomic E-state index is 13.9. The summed E-state index contributed by atoms with van der Waals surface area (Å²) in [5.74, 6) is -0.563. The van der Waals surface area contributed by atoms with E-state index < -0.39 is 21.7 Å². The van der Waals surface area contributed by atoms with E-state index >= 15 is 0 Å². The molecule has 11 heteroatoms. The molecular weight excluding hydrogens is 503 g/mol. The van der Waals surface area contributed by atoms with Crippen LogP contribution in [0.5, 0.6) is 0 Å². The molecular formula is C17H28F2IN5O2S. The summed E-state index contributed by atoms with van der Waals surface area (Å²) in [6.45, 7) is 5.62. The average molecular weight is 531 g/mol. The van der Waals surface area contributed by atoms with Crippen molar-refractivity contribution < 1.29 is 17.2 Å².